The van der Waals surface area contributed by atoms with Gasteiger partial charge in [0.1, 0.15) is 11.1 Å². The number of hydrogen-bond acceptors (Lipinski definition) is 4. The molecule has 0 N–H and O–H groups in total. The van der Waals surface area contributed by atoms with Crippen LogP contribution in [0.15, 0.2) is 4.99 Å². The summed E-state index contributed by atoms with van der Waals surface area (Å²) in [6, 6.07) is 2.15. The lowest BCUT2D eigenvalue weighted by atomic mass is 10.1. The summed E-state index contributed by atoms with van der Waals surface area (Å²) < 4.78 is 0. The van der Waals surface area contributed by atoms with E-state index in [4.69, 9.17) is 5.26 Å². The highest BCUT2D eigenvalue weighted by Crippen LogP contribution is 2.38. The molecular weight excluding hydrogens is 208 g/mol. The maximum Gasteiger partial charge on any atom is 0.241 e. The number of fused-ring (bicyclic) bond motifs is 1. The average molecular weight is 218 g/mol. The Morgan fingerprint density at radius 1 is 1.27 bits per heavy atom. The largest absolute Gasteiger partial charge is 0.241 e. The second-order valence-corrected chi connectivity index (χ2v) is 4.64. The van der Waals surface area contributed by atoms with E-state index in [-0.39, 0.29) is 0 Å². The van der Waals surface area contributed by atoms with Gasteiger partial charge in [-0.25, -0.2) is 4.79 Å². The molecule has 0 spiro atoms. The zero-order valence-electron chi connectivity index (χ0n) is 8.25. The number of thiophene rings is 1. The first-order valence-corrected chi connectivity index (χ1v) is 5.81. The van der Waals surface area contributed by atoms with E-state index in [1.807, 2.05) is 0 Å². The number of rotatable bonds is 1. The molecule has 0 saturated carbocycles. The highest BCUT2D eigenvalue weighted by molar-refractivity contribution is 7.16. The molecule has 2 rings (SSSR count). The first-order chi connectivity index (χ1) is 7.36. The molecular formula is C11H10N2OS. The van der Waals surface area contributed by atoms with Gasteiger partial charge in [0.15, 0.2) is 0 Å². The molecule has 0 saturated heterocycles. The topological polar surface area (TPSA) is 53.2 Å². The lowest BCUT2D eigenvalue weighted by Crippen LogP contribution is -1.86. The number of aliphatic imine (C=N–C) groups is 1. The third-order valence-electron chi connectivity index (χ3n) is 2.66. The molecule has 1 aromatic heterocycles. The van der Waals surface area contributed by atoms with Gasteiger partial charge in [-0.2, -0.15) is 10.3 Å². The molecule has 0 aromatic carbocycles. The van der Waals surface area contributed by atoms with Crippen molar-refractivity contribution in [1.82, 2.24) is 0 Å². The van der Waals surface area contributed by atoms with Gasteiger partial charge in [0.25, 0.3) is 0 Å². The summed E-state index contributed by atoms with van der Waals surface area (Å²) in [4.78, 5) is 15.1. The van der Waals surface area contributed by atoms with Gasteiger partial charge in [-0.15, -0.1) is 11.3 Å². The van der Waals surface area contributed by atoms with Gasteiger partial charge >= 0.3 is 0 Å². The summed E-state index contributed by atoms with van der Waals surface area (Å²) in [6.07, 6.45) is 7.00. The summed E-state index contributed by atoms with van der Waals surface area (Å²) in [5, 5.41) is 9.59. The monoisotopic (exact) mass is 218 g/mol. The van der Waals surface area contributed by atoms with Crippen molar-refractivity contribution in [2.45, 2.75) is 32.1 Å². The first-order valence-electron chi connectivity index (χ1n) is 4.99. The average Bonchev–Trinajstić information content (AvgIpc) is 2.43. The minimum absolute atomic E-state index is 0.541. The molecule has 1 aliphatic carbocycles. The predicted octanol–water partition coefficient (Wildman–Crippen LogP) is 2.86. The predicted molar refractivity (Wildman–Crippen MR) is 58.1 cm³/mol. The Labute approximate surface area is 92.1 Å². The van der Waals surface area contributed by atoms with Gasteiger partial charge < -0.3 is 0 Å². The van der Waals surface area contributed by atoms with Crippen LogP contribution in [0.4, 0.5) is 5.00 Å². The minimum Gasteiger partial charge on any atom is -0.211 e. The number of nitrogens with zero attached hydrogens (tertiary/aromatic N) is 2. The van der Waals surface area contributed by atoms with Gasteiger partial charge in [-0.05, 0) is 31.2 Å². The van der Waals surface area contributed by atoms with Gasteiger partial charge in [0.2, 0.25) is 6.08 Å². The van der Waals surface area contributed by atoms with Crippen LogP contribution >= 0.6 is 11.3 Å². The van der Waals surface area contributed by atoms with E-state index in [1.165, 1.54) is 35.1 Å². The molecule has 0 fully saturated rings. The summed E-state index contributed by atoms with van der Waals surface area (Å²) in [5.74, 6) is 0. The quantitative estimate of drug-likeness (QED) is 0.413. The number of nitriles is 1. The highest BCUT2D eigenvalue weighted by Gasteiger charge is 2.19. The van der Waals surface area contributed by atoms with Crippen LogP contribution in [0, 0.1) is 11.3 Å². The third kappa shape index (κ3) is 1.85. The zero-order chi connectivity index (χ0) is 10.7. The van der Waals surface area contributed by atoms with Crippen molar-refractivity contribution in [3.63, 3.8) is 0 Å². The molecule has 0 radical (unpaired) electrons. The Hall–Kier alpha value is -1.43. The van der Waals surface area contributed by atoms with E-state index in [0.717, 1.165) is 24.8 Å². The van der Waals surface area contributed by atoms with Gasteiger partial charge in [0, 0.05) is 4.88 Å². The van der Waals surface area contributed by atoms with E-state index in [9.17, 15) is 4.79 Å². The second-order valence-electron chi connectivity index (χ2n) is 3.56. The van der Waals surface area contributed by atoms with Gasteiger partial charge in [-0.3, -0.25) is 0 Å². The Morgan fingerprint density at radius 3 is 2.80 bits per heavy atom. The number of isocyanates is 1. The van der Waals surface area contributed by atoms with Crippen molar-refractivity contribution in [3.05, 3.63) is 16.0 Å². The fraction of sp³-hybridized carbons (Fsp3) is 0.455. The van der Waals surface area contributed by atoms with E-state index in [1.54, 1.807) is 0 Å². The molecule has 3 nitrogen and oxygen atoms in total. The Bertz CT molecular complexity index is 464. The molecule has 1 heterocycles. The Balaban J connectivity index is 2.53. The van der Waals surface area contributed by atoms with E-state index in [2.05, 4.69) is 11.1 Å². The minimum atomic E-state index is 0.541. The molecule has 1 aromatic rings. The standard InChI is InChI=1S/C11H10N2OS/c12-6-9-8-4-2-1-3-5-10(8)15-11(9)13-7-14/h1-5H2. The van der Waals surface area contributed by atoms with Crippen molar-refractivity contribution in [2.24, 2.45) is 4.99 Å². The maximum atomic E-state index is 10.2. The first kappa shape index (κ1) is 10.1. The number of aryl methyl sites for hydroxylation is 1. The lowest BCUT2D eigenvalue weighted by Gasteiger charge is -1.95. The smallest absolute Gasteiger partial charge is 0.211 e. The van der Waals surface area contributed by atoms with Crippen LogP contribution in [0.25, 0.3) is 0 Å². The fourth-order valence-electron chi connectivity index (χ4n) is 1.96. The van der Waals surface area contributed by atoms with Crippen LogP contribution in [-0.2, 0) is 17.6 Å². The van der Waals surface area contributed by atoms with E-state index >= 15 is 0 Å². The summed E-state index contributed by atoms with van der Waals surface area (Å²) in [5.41, 5.74) is 1.72. The van der Waals surface area contributed by atoms with Gasteiger partial charge in [0.05, 0.1) is 5.56 Å². The summed E-state index contributed by atoms with van der Waals surface area (Å²) in [6.45, 7) is 0. The molecule has 0 atom stereocenters. The van der Waals surface area contributed by atoms with Crippen LogP contribution in [-0.4, -0.2) is 6.08 Å². The molecule has 4 heteroatoms. The van der Waals surface area contributed by atoms with Crippen molar-refractivity contribution < 1.29 is 4.79 Å². The van der Waals surface area contributed by atoms with Crippen molar-refractivity contribution in [1.29, 1.82) is 5.26 Å². The Morgan fingerprint density at radius 2 is 2.07 bits per heavy atom. The molecule has 15 heavy (non-hydrogen) atoms. The van der Waals surface area contributed by atoms with Crippen LogP contribution < -0.4 is 0 Å². The normalized spacial score (nSPS) is 14.6. The maximum absolute atomic E-state index is 10.2. The second kappa shape index (κ2) is 4.39. The number of carbonyl (C=O) groups excluding carboxylic acids is 1. The summed E-state index contributed by atoms with van der Waals surface area (Å²) in [7, 11) is 0. The molecule has 0 aliphatic heterocycles. The van der Waals surface area contributed by atoms with E-state index in [0.29, 0.717) is 10.6 Å². The van der Waals surface area contributed by atoms with E-state index < -0.39 is 0 Å². The number of hydrogen-bond donors (Lipinski definition) is 0. The molecule has 0 amide bonds. The fourth-order valence-corrected chi connectivity index (χ4v) is 3.12. The SMILES string of the molecule is N#Cc1c(N=C=O)sc2c1CCCCC2. The van der Waals surface area contributed by atoms with Crippen LogP contribution in [0.1, 0.15) is 35.3 Å². The molecule has 0 bridgehead atoms. The zero-order valence-corrected chi connectivity index (χ0v) is 9.06. The van der Waals surface area contributed by atoms with Crippen molar-refractivity contribution in [3.8, 4) is 6.07 Å². The third-order valence-corrected chi connectivity index (χ3v) is 3.85. The van der Waals surface area contributed by atoms with Crippen LogP contribution in [0.3, 0.4) is 0 Å². The lowest BCUT2D eigenvalue weighted by molar-refractivity contribution is 0.565. The van der Waals surface area contributed by atoms with Crippen molar-refractivity contribution >= 4 is 22.4 Å². The molecule has 1 aliphatic rings. The van der Waals surface area contributed by atoms with Gasteiger partial charge in [-0.1, -0.05) is 6.42 Å². The van der Waals surface area contributed by atoms with Crippen molar-refractivity contribution in [2.75, 3.05) is 0 Å². The molecule has 0 unspecified atom stereocenters. The Kier molecular flexibility index (Phi) is 2.96. The molecule has 76 valence electrons. The highest BCUT2D eigenvalue weighted by atomic mass is 32.1. The summed E-state index contributed by atoms with van der Waals surface area (Å²) >= 11 is 1.47. The van der Waals surface area contributed by atoms with Crippen LogP contribution in [0.5, 0.6) is 0 Å². The van der Waals surface area contributed by atoms with Crippen LogP contribution in [0.2, 0.25) is 0 Å².